The highest BCUT2D eigenvalue weighted by Crippen LogP contribution is 2.31. The van der Waals surface area contributed by atoms with E-state index in [-0.39, 0.29) is 5.91 Å². The molecule has 3 rings (SSSR count). The predicted octanol–water partition coefficient (Wildman–Crippen LogP) is 2.89. The molecular formula is C18H21F3N4O. The van der Waals surface area contributed by atoms with Crippen LogP contribution in [0.1, 0.15) is 35.7 Å². The lowest BCUT2D eigenvalue weighted by Crippen LogP contribution is -2.36. The van der Waals surface area contributed by atoms with E-state index in [0.29, 0.717) is 31.6 Å². The van der Waals surface area contributed by atoms with Crippen LogP contribution in [0.25, 0.3) is 0 Å². The molecule has 0 unspecified atom stereocenters. The van der Waals surface area contributed by atoms with Gasteiger partial charge in [0.25, 0.3) is 0 Å². The molecule has 0 aliphatic carbocycles. The molecular weight excluding hydrogens is 345 g/mol. The molecule has 1 aliphatic heterocycles. The average Bonchev–Trinajstić information content (AvgIpc) is 3.19. The van der Waals surface area contributed by atoms with E-state index >= 15 is 0 Å². The summed E-state index contributed by atoms with van der Waals surface area (Å²) in [6, 6.07) is 4.89. The first kappa shape index (κ1) is 18.4. The Kier molecular flexibility index (Phi) is 5.31. The molecule has 0 spiro atoms. The largest absolute Gasteiger partial charge is 0.416 e. The number of aromatic nitrogens is 2. The van der Waals surface area contributed by atoms with Crippen LogP contribution in [0, 0.1) is 0 Å². The Hall–Kier alpha value is -2.35. The molecule has 1 N–H and O–H groups in total. The third-order valence-corrected chi connectivity index (χ3v) is 4.64. The van der Waals surface area contributed by atoms with Crippen molar-refractivity contribution in [1.82, 2.24) is 19.8 Å². The summed E-state index contributed by atoms with van der Waals surface area (Å²) in [7, 11) is 1.85. The molecule has 2 heterocycles. The van der Waals surface area contributed by atoms with Crippen LogP contribution >= 0.6 is 0 Å². The van der Waals surface area contributed by atoms with E-state index in [1.165, 1.54) is 6.07 Å². The number of likely N-dealkylation sites (tertiary alicyclic amines) is 1. The fourth-order valence-electron chi connectivity index (χ4n) is 3.12. The maximum atomic E-state index is 13.1. The fourth-order valence-corrected chi connectivity index (χ4v) is 3.12. The molecule has 140 valence electrons. The van der Waals surface area contributed by atoms with Crippen molar-refractivity contribution in [2.45, 2.75) is 31.6 Å². The lowest BCUT2D eigenvalue weighted by Gasteiger charge is -2.26. The minimum Gasteiger partial charge on any atom is -0.341 e. The Balaban J connectivity index is 1.82. The zero-order valence-corrected chi connectivity index (χ0v) is 14.5. The van der Waals surface area contributed by atoms with Crippen LogP contribution in [0.5, 0.6) is 0 Å². The summed E-state index contributed by atoms with van der Waals surface area (Å²) in [6.45, 7) is 1.43. The van der Waals surface area contributed by atoms with Crippen LogP contribution in [0.2, 0.25) is 0 Å². The lowest BCUT2D eigenvalue weighted by molar-refractivity contribution is -0.137. The van der Waals surface area contributed by atoms with Crippen LogP contribution in [-0.2, 0) is 24.6 Å². The number of benzene rings is 1. The third-order valence-electron chi connectivity index (χ3n) is 4.64. The fraction of sp³-hybridized carbons (Fsp3) is 0.444. The Labute approximate surface area is 149 Å². The topological polar surface area (TPSA) is 50.2 Å². The van der Waals surface area contributed by atoms with E-state index in [0.717, 1.165) is 24.2 Å². The van der Waals surface area contributed by atoms with Gasteiger partial charge < -0.3 is 14.8 Å². The van der Waals surface area contributed by atoms with E-state index in [4.69, 9.17) is 0 Å². The van der Waals surface area contributed by atoms with Crippen molar-refractivity contribution in [3.8, 4) is 0 Å². The maximum Gasteiger partial charge on any atom is 0.416 e. The molecule has 0 saturated carbocycles. The molecule has 2 aromatic rings. The highest BCUT2D eigenvalue weighted by molar-refractivity contribution is 5.78. The summed E-state index contributed by atoms with van der Waals surface area (Å²) >= 11 is 0. The predicted molar refractivity (Wildman–Crippen MR) is 90.0 cm³/mol. The molecule has 1 atom stereocenters. The van der Waals surface area contributed by atoms with Crippen molar-refractivity contribution in [2.24, 2.45) is 7.05 Å². The number of carbonyl (C=O) groups is 1. The summed E-state index contributed by atoms with van der Waals surface area (Å²) in [5.74, 6) is 0.0457. The van der Waals surface area contributed by atoms with Crippen molar-refractivity contribution in [2.75, 3.05) is 13.1 Å². The molecule has 0 radical (unpaired) electrons. The van der Waals surface area contributed by atoms with Gasteiger partial charge in [-0.05, 0) is 24.1 Å². The minimum atomic E-state index is -4.40. The Morgan fingerprint density at radius 2 is 2.15 bits per heavy atom. The van der Waals surface area contributed by atoms with Gasteiger partial charge in [-0.15, -0.1) is 0 Å². The van der Waals surface area contributed by atoms with Gasteiger partial charge in [0, 0.05) is 39.3 Å². The maximum absolute atomic E-state index is 13.1. The molecule has 26 heavy (non-hydrogen) atoms. The van der Waals surface area contributed by atoms with Gasteiger partial charge in [0.2, 0.25) is 5.91 Å². The summed E-state index contributed by atoms with van der Waals surface area (Å²) < 4.78 is 41.0. The number of rotatable bonds is 6. The summed E-state index contributed by atoms with van der Waals surface area (Å²) in [5.41, 5.74) is 0.742. The number of nitrogens with one attached hydrogen (secondary N) is 1. The number of halogens is 3. The van der Waals surface area contributed by atoms with Crippen molar-refractivity contribution in [3.63, 3.8) is 0 Å². The molecule has 8 heteroatoms. The second kappa shape index (κ2) is 7.49. The first-order valence-corrected chi connectivity index (χ1v) is 8.48. The van der Waals surface area contributed by atoms with E-state index in [1.807, 2.05) is 11.6 Å². The summed E-state index contributed by atoms with van der Waals surface area (Å²) in [4.78, 5) is 17.7. The number of carbonyl (C=O) groups excluding carboxylic acids is 1. The van der Waals surface area contributed by atoms with Gasteiger partial charge in [0.15, 0.2) is 0 Å². The third kappa shape index (κ3) is 4.24. The minimum absolute atomic E-state index is 0.0457. The molecule has 1 aliphatic rings. The molecule has 0 bridgehead atoms. The van der Waals surface area contributed by atoms with Gasteiger partial charge in [0.1, 0.15) is 0 Å². The van der Waals surface area contributed by atoms with Crippen LogP contribution in [0.3, 0.4) is 0 Å². The molecule has 1 fully saturated rings. The van der Waals surface area contributed by atoms with Gasteiger partial charge in [0.05, 0.1) is 23.6 Å². The van der Waals surface area contributed by atoms with Gasteiger partial charge in [-0.3, -0.25) is 4.79 Å². The smallest absolute Gasteiger partial charge is 0.341 e. The average molecular weight is 366 g/mol. The first-order valence-electron chi connectivity index (χ1n) is 8.48. The van der Waals surface area contributed by atoms with E-state index < -0.39 is 17.8 Å². The Bertz CT molecular complexity index is 772. The Morgan fingerprint density at radius 3 is 2.77 bits per heavy atom. The van der Waals surface area contributed by atoms with Crippen LogP contribution in [0.15, 0.2) is 36.8 Å². The van der Waals surface area contributed by atoms with Crippen LogP contribution in [-0.4, -0.2) is 33.4 Å². The second-order valence-electron chi connectivity index (χ2n) is 6.50. The van der Waals surface area contributed by atoms with Crippen molar-refractivity contribution >= 4 is 5.91 Å². The van der Waals surface area contributed by atoms with E-state index in [2.05, 4.69) is 10.3 Å². The number of imidazole rings is 1. The first-order chi connectivity index (χ1) is 12.3. The molecule has 1 saturated heterocycles. The summed E-state index contributed by atoms with van der Waals surface area (Å²) in [5, 5.41) is 3.28. The standard InChI is InChI=1S/C18H21F3N4O/c1-24-12-22-9-15(24)10-23-16(11-25-7-3-6-17(25)26)13-4-2-5-14(8-13)18(19,20)21/h2,4-5,8-9,12,16,23H,3,6-7,10-11H2,1H3/t16-/m0/s1. The monoisotopic (exact) mass is 366 g/mol. The van der Waals surface area contributed by atoms with Gasteiger partial charge in [-0.25, -0.2) is 4.98 Å². The summed E-state index contributed by atoms with van der Waals surface area (Å²) in [6.07, 6.45) is 0.260. The normalized spacial score (nSPS) is 16.3. The Morgan fingerprint density at radius 1 is 1.35 bits per heavy atom. The highest BCUT2D eigenvalue weighted by Gasteiger charge is 2.31. The van der Waals surface area contributed by atoms with Gasteiger partial charge in [-0.2, -0.15) is 13.2 Å². The quantitative estimate of drug-likeness (QED) is 0.855. The second-order valence-corrected chi connectivity index (χ2v) is 6.50. The number of hydrogen-bond acceptors (Lipinski definition) is 3. The molecule has 1 aromatic heterocycles. The van der Waals surface area contributed by atoms with Gasteiger partial charge >= 0.3 is 6.18 Å². The molecule has 1 amide bonds. The zero-order chi connectivity index (χ0) is 18.7. The molecule has 1 aromatic carbocycles. The van der Waals surface area contributed by atoms with Crippen LogP contribution < -0.4 is 5.32 Å². The number of alkyl halides is 3. The highest BCUT2D eigenvalue weighted by atomic mass is 19.4. The van der Waals surface area contributed by atoms with Gasteiger partial charge in [-0.1, -0.05) is 12.1 Å². The lowest BCUT2D eigenvalue weighted by atomic mass is 10.0. The number of aryl methyl sites for hydroxylation is 1. The number of hydrogen-bond donors (Lipinski definition) is 1. The number of nitrogens with zero attached hydrogens (tertiary/aromatic N) is 3. The number of amides is 1. The van der Waals surface area contributed by atoms with E-state index in [9.17, 15) is 18.0 Å². The van der Waals surface area contributed by atoms with Crippen molar-refractivity contribution in [1.29, 1.82) is 0 Å². The molecule has 5 nitrogen and oxygen atoms in total. The SMILES string of the molecule is Cn1cncc1CN[C@@H](CN1CCCC1=O)c1cccc(C(F)(F)F)c1. The zero-order valence-electron chi connectivity index (χ0n) is 14.5. The van der Waals surface area contributed by atoms with Crippen LogP contribution in [0.4, 0.5) is 13.2 Å². The van der Waals surface area contributed by atoms with Crippen molar-refractivity contribution in [3.05, 3.63) is 53.6 Å². The van der Waals surface area contributed by atoms with Crippen molar-refractivity contribution < 1.29 is 18.0 Å². The van der Waals surface area contributed by atoms with E-state index in [1.54, 1.807) is 23.5 Å².